The van der Waals surface area contributed by atoms with Gasteiger partial charge in [0.15, 0.2) is 0 Å². The molecule has 0 bridgehead atoms. The van der Waals surface area contributed by atoms with Crippen molar-refractivity contribution in [3.63, 3.8) is 0 Å². The second kappa shape index (κ2) is 4.44. The monoisotopic (exact) mass is 113 g/mol. The molecule has 48 valence electrons. The Labute approximate surface area is 51.7 Å². The van der Waals surface area contributed by atoms with Crippen LogP contribution in [-0.2, 0) is 0 Å². The quantitative estimate of drug-likeness (QED) is 0.532. The fourth-order valence-corrected chi connectivity index (χ4v) is 0.407. The molecule has 8 heavy (non-hydrogen) atoms. The summed E-state index contributed by atoms with van der Waals surface area (Å²) in [5.41, 5.74) is 1.29. The lowest BCUT2D eigenvalue weighted by molar-refractivity contribution is 1.39. The zero-order valence-corrected chi connectivity index (χ0v) is 3.73. The molecule has 1 N–H and O–H groups in total. The summed E-state index contributed by atoms with van der Waals surface area (Å²) in [6.07, 6.45) is 3.87. The minimum atomic E-state index is 0. The summed E-state index contributed by atoms with van der Waals surface area (Å²) >= 11 is 0. The third-order valence-electron chi connectivity index (χ3n) is 0.753. The molecule has 1 heterocycles. The van der Waals surface area contributed by atoms with E-state index in [1.54, 1.807) is 0 Å². The van der Waals surface area contributed by atoms with E-state index in [0.717, 1.165) is 0 Å². The van der Waals surface area contributed by atoms with E-state index in [1.165, 1.54) is 5.56 Å². The van der Waals surface area contributed by atoms with Crippen molar-refractivity contribution >= 4 is 0 Å². The first-order chi connectivity index (χ1) is 2.89. The summed E-state index contributed by atoms with van der Waals surface area (Å²) in [4.78, 5) is 2.93. The van der Waals surface area contributed by atoms with Crippen LogP contribution in [-0.4, -0.2) is 4.98 Å². The summed E-state index contributed by atoms with van der Waals surface area (Å²) in [5, 5.41) is 0. The molecule has 0 aromatic carbocycles. The zero-order chi connectivity index (χ0) is 4.41. The lowest BCUT2D eigenvalue weighted by atomic mass is 10.4. The van der Waals surface area contributed by atoms with Crippen molar-refractivity contribution in [3.8, 4) is 0 Å². The molecule has 1 aromatic rings. The van der Waals surface area contributed by atoms with Gasteiger partial charge in [-0.05, 0) is 18.6 Å². The predicted molar refractivity (Wildman–Crippen MR) is 39.0 cm³/mol. The highest BCUT2D eigenvalue weighted by atomic mass is 14.6. The van der Waals surface area contributed by atoms with Crippen LogP contribution >= 0.6 is 0 Å². The number of H-pyrrole nitrogens is 1. The summed E-state index contributed by atoms with van der Waals surface area (Å²) in [6.45, 7) is 2.05. The van der Waals surface area contributed by atoms with Crippen molar-refractivity contribution < 1.29 is 0 Å². The van der Waals surface area contributed by atoms with Crippen LogP contribution in [0.15, 0.2) is 18.5 Å². The van der Waals surface area contributed by atoms with Gasteiger partial charge >= 0.3 is 0 Å². The lowest BCUT2D eigenvalue weighted by Crippen LogP contribution is -1.50. The first kappa shape index (κ1) is 10.3. The standard InChI is InChI=1S/C5H7N.2CH4/c1-5-2-3-6-4-5;;/h2-4,6H,1H3;2*1H4. The molecular weight excluding hydrogens is 98.1 g/mol. The van der Waals surface area contributed by atoms with E-state index >= 15 is 0 Å². The minimum absolute atomic E-state index is 0. The van der Waals surface area contributed by atoms with Crippen LogP contribution in [0.4, 0.5) is 0 Å². The van der Waals surface area contributed by atoms with E-state index in [2.05, 4.69) is 11.9 Å². The maximum atomic E-state index is 2.93. The van der Waals surface area contributed by atoms with Gasteiger partial charge in [0.05, 0.1) is 0 Å². The Morgan fingerprint density at radius 1 is 1.38 bits per heavy atom. The number of aromatic nitrogens is 1. The molecule has 0 saturated heterocycles. The summed E-state index contributed by atoms with van der Waals surface area (Å²) < 4.78 is 0. The van der Waals surface area contributed by atoms with Gasteiger partial charge in [-0.25, -0.2) is 0 Å². The van der Waals surface area contributed by atoms with E-state index in [4.69, 9.17) is 0 Å². The van der Waals surface area contributed by atoms with Gasteiger partial charge in [-0.2, -0.15) is 0 Å². The smallest absolute Gasteiger partial charge is 0.00345 e. The van der Waals surface area contributed by atoms with E-state index in [1.807, 2.05) is 18.5 Å². The van der Waals surface area contributed by atoms with E-state index in [0.29, 0.717) is 0 Å². The molecule has 0 spiro atoms. The average molecular weight is 113 g/mol. The van der Waals surface area contributed by atoms with Crippen LogP contribution in [0, 0.1) is 6.92 Å². The molecule has 0 aliphatic heterocycles. The van der Waals surface area contributed by atoms with Crippen molar-refractivity contribution in [3.05, 3.63) is 24.0 Å². The topological polar surface area (TPSA) is 15.8 Å². The molecule has 0 fully saturated rings. The first-order valence-electron chi connectivity index (χ1n) is 1.99. The molecule has 0 atom stereocenters. The molecule has 0 amide bonds. The van der Waals surface area contributed by atoms with Crippen molar-refractivity contribution in [1.29, 1.82) is 0 Å². The van der Waals surface area contributed by atoms with Gasteiger partial charge in [-0.1, -0.05) is 14.9 Å². The summed E-state index contributed by atoms with van der Waals surface area (Å²) in [5.74, 6) is 0. The highest BCUT2D eigenvalue weighted by molar-refractivity contribution is 5.03. The molecule has 1 rings (SSSR count). The largest absolute Gasteiger partial charge is 0.367 e. The van der Waals surface area contributed by atoms with E-state index in [-0.39, 0.29) is 14.9 Å². The maximum Gasteiger partial charge on any atom is 0.00345 e. The molecule has 0 saturated carbocycles. The van der Waals surface area contributed by atoms with Gasteiger partial charge in [0.1, 0.15) is 0 Å². The second-order valence-corrected chi connectivity index (χ2v) is 1.39. The van der Waals surface area contributed by atoms with Crippen LogP contribution in [0.25, 0.3) is 0 Å². The fourth-order valence-electron chi connectivity index (χ4n) is 0.407. The Morgan fingerprint density at radius 2 is 2.00 bits per heavy atom. The van der Waals surface area contributed by atoms with Crippen molar-refractivity contribution in [2.45, 2.75) is 21.8 Å². The normalized spacial score (nSPS) is 6.62. The van der Waals surface area contributed by atoms with Crippen LogP contribution in [0.2, 0.25) is 0 Å². The number of aryl methyl sites for hydroxylation is 1. The van der Waals surface area contributed by atoms with Crippen molar-refractivity contribution in [2.24, 2.45) is 0 Å². The van der Waals surface area contributed by atoms with Crippen LogP contribution in [0.3, 0.4) is 0 Å². The van der Waals surface area contributed by atoms with Crippen molar-refractivity contribution in [1.82, 2.24) is 4.98 Å². The van der Waals surface area contributed by atoms with Crippen LogP contribution in [0.5, 0.6) is 0 Å². The van der Waals surface area contributed by atoms with E-state index in [9.17, 15) is 0 Å². The van der Waals surface area contributed by atoms with Gasteiger partial charge in [-0.15, -0.1) is 0 Å². The highest BCUT2D eigenvalue weighted by Crippen LogP contribution is 1.88. The second-order valence-electron chi connectivity index (χ2n) is 1.39. The summed E-state index contributed by atoms with van der Waals surface area (Å²) in [6, 6.07) is 2.03. The fraction of sp³-hybridized carbons (Fsp3) is 0.429. The first-order valence-corrected chi connectivity index (χ1v) is 1.99. The van der Waals surface area contributed by atoms with Crippen LogP contribution in [0.1, 0.15) is 20.4 Å². The number of rotatable bonds is 0. The number of nitrogens with one attached hydrogen (secondary N) is 1. The Kier molecular flexibility index (Phi) is 5.71. The number of hydrogen-bond donors (Lipinski definition) is 1. The van der Waals surface area contributed by atoms with Gasteiger partial charge in [0.25, 0.3) is 0 Å². The molecule has 1 heteroatoms. The van der Waals surface area contributed by atoms with Crippen LogP contribution < -0.4 is 0 Å². The number of hydrogen-bond acceptors (Lipinski definition) is 0. The molecule has 0 unspecified atom stereocenters. The van der Waals surface area contributed by atoms with Crippen molar-refractivity contribution in [2.75, 3.05) is 0 Å². The van der Waals surface area contributed by atoms with Gasteiger partial charge in [-0.3, -0.25) is 0 Å². The molecule has 0 aliphatic rings. The van der Waals surface area contributed by atoms with Gasteiger partial charge < -0.3 is 4.98 Å². The van der Waals surface area contributed by atoms with E-state index < -0.39 is 0 Å². The zero-order valence-electron chi connectivity index (χ0n) is 3.73. The average Bonchev–Trinajstić information content (AvgIpc) is 1.86. The lowest BCUT2D eigenvalue weighted by Gasteiger charge is -1.65. The van der Waals surface area contributed by atoms with Gasteiger partial charge in [0.2, 0.25) is 0 Å². The maximum absolute atomic E-state index is 2.93. The molecule has 0 aliphatic carbocycles. The molecule has 0 radical (unpaired) electrons. The molecular formula is C7H15N. The molecule has 1 aromatic heterocycles. The number of aromatic amines is 1. The minimum Gasteiger partial charge on any atom is -0.367 e. The third kappa shape index (κ3) is 2.45. The Hall–Kier alpha value is -0.720. The van der Waals surface area contributed by atoms with Gasteiger partial charge in [0, 0.05) is 12.4 Å². The SMILES string of the molecule is C.C.Cc1cc[nH]c1. The highest BCUT2D eigenvalue weighted by Gasteiger charge is 1.73. The third-order valence-corrected chi connectivity index (χ3v) is 0.753. The Bertz CT molecular complexity index is 108. The Morgan fingerprint density at radius 3 is 2.12 bits per heavy atom. The molecule has 1 nitrogen and oxygen atoms in total. The predicted octanol–water partition coefficient (Wildman–Crippen LogP) is 2.60. The summed E-state index contributed by atoms with van der Waals surface area (Å²) in [7, 11) is 0. The Balaban J connectivity index is 0.